The average molecular weight is 445 g/mol. The molecule has 31 heavy (non-hydrogen) atoms. The highest BCUT2D eigenvalue weighted by Gasteiger charge is 2.16. The van der Waals surface area contributed by atoms with Crippen molar-refractivity contribution >= 4 is 23.0 Å². The molecule has 2 N–H and O–H groups in total. The maximum Gasteiger partial charge on any atom is 0.190 e. The molecule has 0 saturated carbocycles. The molecule has 0 bridgehead atoms. The molecule has 0 aliphatic carbocycles. The van der Waals surface area contributed by atoms with E-state index in [0.717, 1.165) is 76.1 Å². The molecule has 1 aromatic heterocycles. The van der Waals surface area contributed by atoms with Crippen LogP contribution in [0, 0.1) is 13.8 Å². The van der Waals surface area contributed by atoms with Crippen LogP contribution in [0.5, 0.6) is 5.75 Å². The van der Waals surface area contributed by atoms with Crippen molar-refractivity contribution in [1.29, 1.82) is 0 Å². The van der Waals surface area contributed by atoms with Gasteiger partial charge < -0.3 is 20.3 Å². The van der Waals surface area contributed by atoms with Gasteiger partial charge in [0.1, 0.15) is 5.75 Å². The van der Waals surface area contributed by atoms with E-state index in [2.05, 4.69) is 56.4 Å². The molecule has 0 amide bonds. The molecule has 1 aliphatic rings. The number of aromatic nitrogens is 1. The lowest BCUT2D eigenvalue weighted by Gasteiger charge is -2.36. The lowest BCUT2D eigenvalue weighted by Crippen LogP contribution is -2.47. The molecule has 0 atom stereocenters. The second-order valence-corrected chi connectivity index (χ2v) is 9.09. The van der Waals surface area contributed by atoms with E-state index in [1.807, 2.05) is 19.2 Å². The van der Waals surface area contributed by atoms with Gasteiger partial charge in [0.05, 0.1) is 17.8 Å². The lowest BCUT2D eigenvalue weighted by molar-refractivity contribution is 0.255. The van der Waals surface area contributed by atoms with E-state index in [1.165, 1.54) is 15.6 Å². The fourth-order valence-electron chi connectivity index (χ4n) is 3.69. The van der Waals surface area contributed by atoms with Crippen LogP contribution in [0.2, 0.25) is 0 Å². The first-order valence-corrected chi connectivity index (χ1v) is 11.9. The molecule has 0 radical (unpaired) electrons. The molecule has 2 heterocycles. The van der Waals surface area contributed by atoms with Crippen LogP contribution in [0.3, 0.4) is 0 Å². The number of anilines is 1. The number of hydrogen-bond acceptors (Lipinski definition) is 6. The fraction of sp³-hybridized carbons (Fsp3) is 0.565. The number of rotatable bonds is 9. The summed E-state index contributed by atoms with van der Waals surface area (Å²) >= 11 is 1.79. The summed E-state index contributed by atoms with van der Waals surface area (Å²) < 4.78 is 5.25. The third-order valence-electron chi connectivity index (χ3n) is 5.68. The quantitative estimate of drug-likeness (QED) is 0.352. The second kappa shape index (κ2) is 11.9. The van der Waals surface area contributed by atoms with E-state index in [9.17, 15) is 0 Å². The Hall–Kier alpha value is -2.32. The van der Waals surface area contributed by atoms with Crippen LogP contribution in [-0.2, 0) is 6.42 Å². The molecule has 0 unspecified atom stereocenters. The number of nitrogens with one attached hydrogen (secondary N) is 2. The summed E-state index contributed by atoms with van der Waals surface area (Å²) in [5.41, 5.74) is 2.42. The van der Waals surface area contributed by atoms with Crippen molar-refractivity contribution < 1.29 is 4.74 Å². The molecule has 3 rings (SSSR count). The molecular weight excluding hydrogens is 408 g/mol. The molecule has 1 aromatic carbocycles. The molecule has 170 valence electrons. The largest absolute Gasteiger partial charge is 0.497 e. The van der Waals surface area contributed by atoms with Gasteiger partial charge in [-0.15, -0.1) is 11.3 Å². The van der Waals surface area contributed by atoms with Gasteiger partial charge in [0.25, 0.3) is 0 Å². The third kappa shape index (κ3) is 7.11. The summed E-state index contributed by atoms with van der Waals surface area (Å²) in [7, 11) is 3.53. The van der Waals surface area contributed by atoms with E-state index in [1.54, 1.807) is 18.4 Å². The Morgan fingerprint density at radius 3 is 2.42 bits per heavy atom. The maximum absolute atomic E-state index is 5.25. The molecule has 7 nitrogen and oxygen atoms in total. The van der Waals surface area contributed by atoms with Crippen molar-refractivity contribution in [2.75, 3.05) is 64.9 Å². The Kier molecular flexibility index (Phi) is 8.97. The van der Waals surface area contributed by atoms with Crippen molar-refractivity contribution in [1.82, 2.24) is 20.5 Å². The van der Waals surface area contributed by atoms with Crippen molar-refractivity contribution in [2.45, 2.75) is 26.7 Å². The number of ether oxygens (including phenoxy) is 1. The van der Waals surface area contributed by atoms with Crippen LogP contribution in [0.4, 0.5) is 5.69 Å². The number of piperazine rings is 1. The normalized spacial score (nSPS) is 15.2. The number of aliphatic imine (C=N–C) groups is 1. The third-order valence-corrected chi connectivity index (χ3v) is 6.81. The summed E-state index contributed by atoms with van der Waals surface area (Å²) in [6.45, 7) is 11.4. The predicted molar refractivity (Wildman–Crippen MR) is 131 cm³/mol. The molecule has 1 saturated heterocycles. The predicted octanol–water partition coefficient (Wildman–Crippen LogP) is 2.69. The Morgan fingerprint density at radius 2 is 1.81 bits per heavy atom. The van der Waals surface area contributed by atoms with Crippen LogP contribution in [0.25, 0.3) is 0 Å². The first kappa shape index (κ1) is 23.3. The standard InChI is InChI=1S/C23H36N6OS/c1-18-19(2)31-22(27-18)10-12-26-23(24-3)25-11-5-13-28-14-16-29(17-15-28)20-6-8-21(30-4)9-7-20/h6-9H,5,10-17H2,1-4H3,(H2,24,25,26). The first-order valence-electron chi connectivity index (χ1n) is 11.1. The second-order valence-electron chi connectivity index (χ2n) is 7.81. The molecular formula is C23H36N6OS. The van der Waals surface area contributed by atoms with Crippen molar-refractivity contribution in [3.8, 4) is 5.75 Å². The Bertz CT molecular complexity index is 808. The highest BCUT2D eigenvalue weighted by molar-refractivity contribution is 7.11. The van der Waals surface area contributed by atoms with E-state index in [-0.39, 0.29) is 0 Å². The summed E-state index contributed by atoms with van der Waals surface area (Å²) in [5.74, 6) is 1.78. The smallest absolute Gasteiger partial charge is 0.190 e. The number of hydrogen-bond donors (Lipinski definition) is 2. The zero-order valence-electron chi connectivity index (χ0n) is 19.3. The lowest BCUT2D eigenvalue weighted by atomic mass is 10.2. The first-order chi connectivity index (χ1) is 15.1. The van der Waals surface area contributed by atoms with E-state index in [0.29, 0.717) is 0 Å². The van der Waals surface area contributed by atoms with Gasteiger partial charge in [0.15, 0.2) is 5.96 Å². The van der Waals surface area contributed by atoms with Crippen LogP contribution in [0.15, 0.2) is 29.3 Å². The van der Waals surface area contributed by atoms with E-state index in [4.69, 9.17) is 4.74 Å². The van der Waals surface area contributed by atoms with Crippen LogP contribution in [-0.4, -0.2) is 75.8 Å². The number of guanidine groups is 1. The topological polar surface area (TPSA) is 65.0 Å². The number of aryl methyl sites for hydroxylation is 2. The van der Waals surface area contributed by atoms with Gasteiger partial charge in [-0.2, -0.15) is 0 Å². The van der Waals surface area contributed by atoms with Gasteiger partial charge in [-0.05, 0) is 51.1 Å². The zero-order valence-corrected chi connectivity index (χ0v) is 20.1. The van der Waals surface area contributed by atoms with Crippen molar-refractivity contribution in [3.05, 3.63) is 39.8 Å². The minimum atomic E-state index is 0.847. The number of methoxy groups -OCH3 is 1. The summed E-state index contributed by atoms with van der Waals surface area (Å²) in [6, 6.07) is 8.36. The van der Waals surface area contributed by atoms with Gasteiger partial charge in [0, 0.05) is 63.3 Å². The Morgan fingerprint density at radius 1 is 1.10 bits per heavy atom. The van der Waals surface area contributed by atoms with Gasteiger partial charge in [0.2, 0.25) is 0 Å². The minimum absolute atomic E-state index is 0.847. The molecule has 8 heteroatoms. The van der Waals surface area contributed by atoms with Crippen LogP contribution >= 0.6 is 11.3 Å². The average Bonchev–Trinajstić information content (AvgIpc) is 3.12. The molecule has 1 fully saturated rings. The number of nitrogens with zero attached hydrogens (tertiary/aromatic N) is 4. The highest BCUT2D eigenvalue weighted by atomic mass is 32.1. The number of thiazole rings is 1. The number of benzene rings is 1. The van der Waals surface area contributed by atoms with Gasteiger partial charge >= 0.3 is 0 Å². The Labute approximate surface area is 190 Å². The van der Waals surface area contributed by atoms with Gasteiger partial charge in [-0.3, -0.25) is 9.89 Å². The van der Waals surface area contributed by atoms with Crippen LogP contribution in [0.1, 0.15) is 22.0 Å². The summed E-state index contributed by atoms with van der Waals surface area (Å²) in [5, 5.41) is 8.01. The maximum atomic E-state index is 5.25. The fourth-order valence-corrected chi connectivity index (χ4v) is 4.62. The van der Waals surface area contributed by atoms with E-state index >= 15 is 0 Å². The zero-order chi connectivity index (χ0) is 22.1. The molecule has 0 spiro atoms. The minimum Gasteiger partial charge on any atom is -0.497 e. The summed E-state index contributed by atoms with van der Waals surface area (Å²) in [4.78, 5) is 15.2. The van der Waals surface area contributed by atoms with Gasteiger partial charge in [-0.1, -0.05) is 0 Å². The monoisotopic (exact) mass is 444 g/mol. The van der Waals surface area contributed by atoms with Gasteiger partial charge in [-0.25, -0.2) is 4.98 Å². The van der Waals surface area contributed by atoms with Crippen LogP contribution < -0.4 is 20.3 Å². The highest BCUT2D eigenvalue weighted by Crippen LogP contribution is 2.20. The SMILES string of the molecule is CN=C(NCCCN1CCN(c2ccc(OC)cc2)CC1)NCCc1nc(C)c(C)s1. The summed E-state index contributed by atoms with van der Waals surface area (Å²) in [6.07, 6.45) is 2.03. The Balaban J connectivity index is 1.28. The van der Waals surface area contributed by atoms with Crippen molar-refractivity contribution in [2.24, 2.45) is 4.99 Å². The van der Waals surface area contributed by atoms with Crippen molar-refractivity contribution in [3.63, 3.8) is 0 Å². The van der Waals surface area contributed by atoms with E-state index < -0.39 is 0 Å². The molecule has 2 aromatic rings. The molecule has 1 aliphatic heterocycles.